The van der Waals surface area contributed by atoms with Crippen LogP contribution in [0.5, 0.6) is 5.75 Å². The number of rotatable bonds is 12. The van der Waals surface area contributed by atoms with Crippen molar-refractivity contribution in [2.45, 2.75) is 128 Å². The molecule has 41 heavy (non-hydrogen) atoms. The molecule has 2 aromatic rings. The van der Waals surface area contributed by atoms with Gasteiger partial charge in [-0.15, -0.1) is 0 Å². The number of unbranched alkanes of at least 4 members (excludes halogenated alkanes) is 4. The van der Waals surface area contributed by atoms with Crippen molar-refractivity contribution in [3.05, 3.63) is 64.2 Å². The summed E-state index contributed by atoms with van der Waals surface area (Å²) in [6.45, 7) is 4.51. The molecule has 2 saturated carbocycles. The third kappa shape index (κ3) is 8.40. The molecular weight excluding hydrogens is 516 g/mol. The van der Waals surface area contributed by atoms with Crippen molar-refractivity contribution in [1.29, 1.82) is 5.26 Å². The van der Waals surface area contributed by atoms with E-state index in [4.69, 9.17) is 10.00 Å². The predicted octanol–water partition coefficient (Wildman–Crippen LogP) is 10.8. The van der Waals surface area contributed by atoms with Crippen molar-refractivity contribution >= 4 is 5.97 Å². The van der Waals surface area contributed by atoms with Gasteiger partial charge in [0.15, 0.2) is 0 Å². The molecule has 2 aliphatic rings. The quantitative estimate of drug-likeness (QED) is 0.147. The van der Waals surface area contributed by atoms with Gasteiger partial charge in [-0.25, -0.2) is 13.6 Å². The van der Waals surface area contributed by atoms with Crippen LogP contribution in [0.25, 0.3) is 0 Å². The van der Waals surface area contributed by atoms with E-state index in [0.717, 1.165) is 36.8 Å². The molecule has 0 heterocycles. The summed E-state index contributed by atoms with van der Waals surface area (Å²) in [5, 5.41) is 8.93. The molecule has 0 N–H and O–H groups in total. The van der Waals surface area contributed by atoms with Crippen molar-refractivity contribution in [1.82, 2.24) is 0 Å². The molecule has 2 aliphatic carbocycles. The highest BCUT2D eigenvalue weighted by molar-refractivity contribution is 5.91. The Kier molecular flexibility index (Phi) is 11.8. The molecule has 2 fully saturated rings. The van der Waals surface area contributed by atoms with Gasteiger partial charge in [0.1, 0.15) is 29.0 Å². The zero-order valence-electron chi connectivity index (χ0n) is 25.0. The molecule has 0 spiro atoms. The van der Waals surface area contributed by atoms with E-state index in [1.54, 1.807) is 0 Å². The van der Waals surface area contributed by atoms with Crippen LogP contribution in [0.3, 0.4) is 0 Å². The van der Waals surface area contributed by atoms with Gasteiger partial charge < -0.3 is 4.74 Å². The van der Waals surface area contributed by atoms with Crippen LogP contribution in [0, 0.1) is 34.8 Å². The Morgan fingerprint density at radius 3 is 1.78 bits per heavy atom. The second-order valence-corrected chi connectivity index (χ2v) is 12.5. The first-order valence-electron chi connectivity index (χ1n) is 16.2. The SMILES string of the molecule is CCCCCC1CCC(c2ccc(C(=O)Oc3cc(F)c(C#N)c(F)c3)cc2C2CCC(CCCCC)CC2)CC1. The second kappa shape index (κ2) is 15.5. The highest BCUT2D eigenvalue weighted by Gasteiger charge is 2.29. The third-order valence-corrected chi connectivity index (χ3v) is 9.67. The topological polar surface area (TPSA) is 50.1 Å². The van der Waals surface area contributed by atoms with E-state index in [1.165, 1.54) is 107 Å². The van der Waals surface area contributed by atoms with Crippen LogP contribution in [0.4, 0.5) is 8.78 Å². The van der Waals surface area contributed by atoms with Crippen LogP contribution >= 0.6 is 0 Å². The molecule has 4 rings (SSSR count). The number of hydrogen-bond donors (Lipinski definition) is 0. The Labute approximate surface area is 245 Å². The molecule has 222 valence electrons. The summed E-state index contributed by atoms with van der Waals surface area (Å²) in [6.07, 6.45) is 20.2. The number of esters is 1. The Bertz CT molecular complexity index is 1160. The Hall–Kier alpha value is -2.74. The fourth-order valence-electron chi connectivity index (χ4n) is 7.20. The van der Waals surface area contributed by atoms with Crippen molar-refractivity contribution < 1.29 is 18.3 Å². The van der Waals surface area contributed by atoms with E-state index < -0.39 is 23.2 Å². The van der Waals surface area contributed by atoms with E-state index in [2.05, 4.69) is 19.9 Å². The summed E-state index contributed by atoms with van der Waals surface area (Å²) < 4.78 is 33.6. The summed E-state index contributed by atoms with van der Waals surface area (Å²) in [4.78, 5) is 13.1. The summed E-state index contributed by atoms with van der Waals surface area (Å²) in [5.41, 5.74) is 2.39. The minimum absolute atomic E-state index is 0.233. The van der Waals surface area contributed by atoms with Crippen LogP contribution in [-0.4, -0.2) is 5.97 Å². The van der Waals surface area contributed by atoms with Crippen molar-refractivity contribution in [3.8, 4) is 11.8 Å². The number of nitrogens with zero attached hydrogens (tertiary/aromatic N) is 1. The lowest BCUT2D eigenvalue weighted by atomic mass is 9.71. The van der Waals surface area contributed by atoms with Gasteiger partial charge >= 0.3 is 5.97 Å². The van der Waals surface area contributed by atoms with E-state index >= 15 is 0 Å². The molecule has 0 unspecified atom stereocenters. The number of halogens is 2. The zero-order chi connectivity index (χ0) is 29.2. The number of hydrogen-bond acceptors (Lipinski definition) is 3. The van der Waals surface area contributed by atoms with Gasteiger partial charge in [0, 0.05) is 12.1 Å². The lowest BCUT2D eigenvalue weighted by Gasteiger charge is -2.34. The maximum absolute atomic E-state index is 14.1. The van der Waals surface area contributed by atoms with Crippen LogP contribution < -0.4 is 4.74 Å². The van der Waals surface area contributed by atoms with E-state index in [1.807, 2.05) is 12.1 Å². The smallest absolute Gasteiger partial charge is 0.343 e. The van der Waals surface area contributed by atoms with E-state index in [9.17, 15) is 13.6 Å². The summed E-state index contributed by atoms with van der Waals surface area (Å²) in [7, 11) is 0. The molecule has 2 aromatic carbocycles. The van der Waals surface area contributed by atoms with E-state index in [-0.39, 0.29) is 5.75 Å². The van der Waals surface area contributed by atoms with Gasteiger partial charge in [0.25, 0.3) is 0 Å². The molecule has 0 saturated heterocycles. The Balaban J connectivity index is 1.51. The average molecular weight is 564 g/mol. The third-order valence-electron chi connectivity index (χ3n) is 9.67. The fourth-order valence-corrected chi connectivity index (χ4v) is 7.20. The monoisotopic (exact) mass is 563 g/mol. The predicted molar refractivity (Wildman–Crippen MR) is 160 cm³/mol. The molecule has 5 heteroatoms. The van der Waals surface area contributed by atoms with E-state index in [0.29, 0.717) is 17.4 Å². The van der Waals surface area contributed by atoms with Crippen molar-refractivity contribution in [2.24, 2.45) is 11.8 Å². The molecule has 3 nitrogen and oxygen atoms in total. The van der Waals surface area contributed by atoms with Gasteiger partial charge in [-0.3, -0.25) is 0 Å². The lowest BCUT2D eigenvalue weighted by molar-refractivity contribution is 0.0733. The van der Waals surface area contributed by atoms with Gasteiger partial charge in [-0.1, -0.05) is 71.3 Å². The molecular formula is C36H47F2NO2. The molecule has 0 bridgehead atoms. The lowest BCUT2D eigenvalue weighted by Crippen LogP contribution is -2.19. The van der Waals surface area contributed by atoms with Crippen molar-refractivity contribution in [2.75, 3.05) is 0 Å². The highest BCUT2D eigenvalue weighted by atomic mass is 19.1. The first kappa shape index (κ1) is 31.2. The maximum Gasteiger partial charge on any atom is 0.343 e. The van der Waals surface area contributed by atoms with Crippen LogP contribution in [0.2, 0.25) is 0 Å². The maximum atomic E-state index is 14.1. The van der Waals surface area contributed by atoms with Crippen LogP contribution in [0.15, 0.2) is 30.3 Å². The first-order chi connectivity index (χ1) is 19.9. The first-order valence-corrected chi connectivity index (χ1v) is 16.2. The Morgan fingerprint density at radius 2 is 1.29 bits per heavy atom. The highest BCUT2D eigenvalue weighted by Crippen LogP contribution is 2.45. The summed E-state index contributed by atoms with van der Waals surface area (Å²) in [6, 6.07) is 9.24. The van der Waals surface area contributed by atoms with Crippen LogP contribution in [0.1, 0.15) is 155 Å². The number of benzene rings is 2. The summed E-state index contributed by atoms with van der Waals surface area (Å²) >= 11 is 0. The average Bonchev–Trinajstić information content (AvgIpc) is 2.98. The fraction of sp³-hybridized carbons (Fsp3) is 0.611. The molecule has 0 aromatic heterocycles. The Morgan fingerprint density at radius 1 is 0.780 bits per heavy atom. The number of nitriles is 1. The standard InChI is InChI=1S/C36H47F2NO2/c1-3-5-7-9-25-11-15-27(16-12-25)31-20-19-29(36(40)41-30-22-34(37)33(24-39)35(38)23-30)21-32(31)28-17-13-26(14-18-28)10-8-6-4-2/h19-23,25-28H,3-18H2,1-2H3. The molecule has 0 radical (unpaired) electrons. The second-order valence-electron chi connectivity index (χ2n) is 12.5. The molecule has 0 atom stereocenters. The largest absolute Gasteiger partial charge is 0.423 e. The number of carbonyl (C=O) groups excluding carboxylic acids is 1. The number of ether oxygens (including phenoxy) is 1. The van der Waals surface area contributed by atoms with Gasteiger partial charge in [0.05, 0.1) is 5.56 Å². The van der Waals surface area contributed by atoms with Gasteiger partial charge in [-0.05, 0) is 98.3 Å². The zero-order valence-corrected chi connectivity index (χ0v) is 25.0. The van der Waals surface area contributed by atoms with Crippen LogP contribution in [-0.2, 0) is 0 Å². The molecule has 0 aliphatic heterocycles. The molecule has 0 amide bonds. The minimum Gasteiger partial charge on any atom is -0.423 e. The number of carbonyl (C=O) groups is 1. The van der Waals surface area contributed by atoms with Crippen molar-refractivity contribution in [3.63, 3.8) is 0 Å². The van der Waals surface area contributed by atoms with Gasteiger partial charge in [0.2, 0.25) is 0 Å². The van der Waals surface area contributed by atoms with Gasteiger partial charge in [-0.2, -0.15) is 5.26 Å². The normalized spacial score (nSPS) is 22.7. The summed E-state index contributed by atoms with van der Waals surface area (Å²) in [5.74, 6) is -0.359. The minimum atomic E-state index is -1.03.